The molecule has 2 rings (SSSR count). The number of nitrogens with two attached hydrogens (primary N) is 1. The Morgan fingerprint density at radius 3 is 2.89 bits per heavy atom. The van der Waals surface area contributed by atoms with Crippen LogP contribution in [0.15, 0.2) is 22.7 Å². The summed E-state index contributed by atoms with van der Waals surface area (Å²) in [5, 5.41) is 7.09. The summed E-state index contributed by atoms with van der Waals surface area (Å²) in [6, 6.07) is 5.90. The number of nitrogens with one attached hydrogen (secondary N) is 1. The number of aromatic nitrogens is 2. The second-order valence-electron chi connectivity index (χ2n) is 4.06. The maximum absolute atomic E-state index is 5.89. The quantitative estimate of drug-likeness (QED) is 0.910. The van der Waals surface area contributed by atoms with Gasteiger partial charge in [0.15, 0.2) is 0 Å². The number of anilines is 1. The van der Waals surface area contributed by atoms with Crippen molar-refractivity contribution in [3.63, 3.8) is 0 Å². The van der Waals surface area contributed by atoms with Crippen molar-refractivity contribution in [1.82, 2.24) is 10.2 Å². The van der Waals surface area contributed by atoms with Crippen LogP contribution in [0.5, 0.6) is 5.75 Å². The van der Waals surface area contributed by atoms with Crippen LogP contribution in [0.1, 0.15) is 18.9 Å². The first kappa shape index (κ1) is 13.0. The van der Waals surface area contributed by atoms with E-state index in [0.717, 1.165) is 39.9 Å². The summed E-state index contributed by atoms with van der Waals surface area (Å²) < 4.78 is 6.38. The minimum atomic E-state index is 0.567. The molecule has 0 saturated heterocycles. The van der Waals surface area contributed by atoms with E-state index in [9.17, 15) is 0 Å². The van der Waals surface area contributed by atoms with Gasteiger partial charge in [-0.3, -0.25) is 5.10 Å². The largest absolute Gasteiger partial charge is 0.496 e. The van der Waals surface area contributed by atoms with Crippen LogP contribution >= 0.6 is 15.9 Å². The molecule has 3 N–H and O–H groups in total. The number of benzene rings is 1. The minimum absolute atomic E-state index is 0.567. The molecule has 96 valence electrons. The molecular weight excluding hydrogens is 294 g/mol. The number of hydrogen-bond donors (Lipinski definition) is 2. The monoisotopic (exact) mass is 309 g/mol. The molecule has 0 atom stereocenters. The maximum Gasteiger partial charge on any atom is 0.149 e. The topological polar surface area (TPSA) is 63.9 Å². The van der Waals surface area contributed by atoms with E-state index in [-0.39, 0.29) is 0 Å². The number of H-pyrrole nitrogens is 1. The first-order valence-corrected chi connectivity index (χ1v) is 6.63. The number of nitrogen functional groups attached to an aromatic ring is 1. The fourth-order valence-corrected chi connectivity index (χ4v) is 2.32. The van der Waals surface area contributed by atoms with Crippen LogP contribution in [0.4, 0.5) is 5.82 Å². The van der Waals surface area contributed by atoms with E-state index in [0.29, 0.717) is 5.82 Å². The van der Waals surface area contributed by atoms with Crippen LogP contribution in [0.25, 0.3) is 11.3 Å². The van der Waals surface area contributed by atoms with Gasteiger partial charge in [-0.1, -0.05) is 29.3 Å². The smallest absolute Gasteiger partial charge is 0.149 e. The van der Waals surface area contributed by atoms with Crippen molar-refractivity contribution in [1.29, 1.82) is 0 Å². The SMILES string of the molecule is CCCc1c(N)n[nH]c1-c1ccc(Br)cc1OC. The predicted octanol–water partition coefficient (Wildman–Crippen LogP) is 3.38. The van der Waals surface area contributed by atoms with Gasteiger partial charge in [-0.25, -0.2) is 0 Å². The summed E-state index contributed by atoms with van der Waals surface area (Å²) in [4.78, 5) is 0. The molecule has 0 radical (unpaired) electrons. The Balaban J connectivity index is 2.54. The lowest BCUT2D eigenvalue weighted by atomic mass is 10.0. The number of methoxy groups -OCH3 is 1. The van der Waals surface area contributed by atoms with Gasteiger partial charge >= 0.3 is 0 Å². The van der Waals surface area contributed by atoms with Crippen molar-refractivity contribution in [2.75, 3.05) is 12.8 Å². The molecule has 5 heteroatoms. The molecule has 1 aromatic carbocycles. The fraction of sp³-hybridized carbons (Fsp3) is 0.308. The summed E-state index contributed by atoms with van der Waals surface area (Å²) in [6.07, 6.45) is 1.92. The average molecular weight is 310 g/mol. The Bertz CT molecular complexity index is 551. The van der Waals surface area contributed by atoms with E-state index < -0.39 is 0 Å². The second-order valence-corrected chi connectivity index (χ2v) is 4.97. The van der Waals surface area contributed by atoms with E-state index in [1.807, 2.05) is 18.2 Å². The highest BCUT2D eigenvalue weighted by Gasteiger charge is 2.15. The van der Waals surface area contributed by atoms with Crippen molar-refractivity contribution < 1.29 is 4.74 Å². The summed E-state index contributed by atoms with van der Waals surface area (Å²) in [5.74, 6) is 1.36. The van der Waals surface area contributed by atoms with Crippen LogP contribution in [-0.2, 0) is 6.42 Å². The lowest BCUT2D eigenvalue weighted by molar-refractivity contribution is 0.416. The third-order valence-electron chi connectivity index (χ3n) is 2.83. The molecule has 18 heavy (non-hydrogen) atoms. The van der Waals surface area contributed by atoms with Crippen molar-refractivity contribution >= 4 is 21.7 Å². The zero-order chi connectivity index (χ0) is 13.1. The molecule has 2 aromatic rings. The maximum atomic E-state index is 5.89. The highest BCUT2D eigenvalue weighted by atomic mass is 79.9. The first-order chi connectivity index (χ1) is 8.67. The molecule has 0 unspecified atom stereocenters. The Morgan fingerprint density at radius 1 is 1.44 bits per heavy atom. The number of rotatable bonds is 4. The standard InChI is InChI=1S/C13H16BrN3O/c1-3-4-10-12(16-17-13(10)15)9-6-5-8(14)7-11(9)18-2/h5-7H,3-4H2,1-2H3,(H3,15,16,17). The van der Waals surface area contributed by atoms with Crippen LogP contribution < -0.4 is 10.5 Å². The van der Waals surface area contributed by atoms with Gasteiger partial charge in [0.2, 0.25) is 0 Å². The lowest BCUT2D eigenvalue weighted by Gasteiger charge is -2.09. The molecule has 1 aromatic heterocycles. The normalized spacial score (nSPS) is 10.6. The zero-order valence-electron chi connectivity index (χ0n) is 10.5. The van der Waals surface area contributed by atoms with E-state index in [4.69, 9.17) is 10.5 Å². The van der Waals surface area contributed by atoms with Crippen molar-refractivity contribution in [2.45, 2.75) is 19.8 Å². The van der Waals surface area contributed by atoms with Crippen LogP contribution in [0.2, 0.25) is 0 Å². The van der Waals surface area contributed by atoms with Gasteiger partial charge in [0, 0.05) is 15.6 Å². The first-order valence-electron chi connectivity index (χ1n) is 5.84. The summed E-state index contributed by atoms with van der Waals surface area (Å²) in [7, 11) is 1.66. The molecule has 0 bridgehead atoms. The molecule has 0 aliphatic heterocycles. The average Bonchev–Trinajstić information content (AvgIpc) is 2.72. The van der Waals surface area contributed by atoms with E-state index in [1.165, 1.54) is 0 Å². The Morgan fingerprint density at radius 2 is 2.22 bits per heavy atom. The Labute approximate surface area is 115 Å². The zero-order valence-corrected chi connectivity index (χ0v) is 12.0. The number of ether oxygens (including phenoxy) is 1. The van der Waals surface area contributed by atoms with E-state index >= 15 is 0 Å². The molecule has 0 aliphatic rings. The number of aromatic amines is 1. The number of nitrogens with zero attached hydrogens (tertiary/aromatic N) is 1. The summed E-state index contributed by atoms with van der Waals surface area (Å²) in [6.45, 7) is 2.12. The minimum Gasteiger partial charge on any atom is -0.496 e. The predicted molar refractivity (Wildman–Crippen MR) is 76.7 cm³/mol. The molecule has 1 heterocycles. The third-order valence-corrected chi connectivity index (χ3v) is 3.33. The molecule has 0 aliphatic carbocycles. The van der Waals surface area contributed by atoms with Crippen LogP contribution in [0, 0.1) is 0 Å². The highest BCUT2D eigenvalue weighted by Crippen LogP contribution is 2.35. The van der Waals surface area contributed by atoms with Gasteiger partial charge in [0.25, 0.3) is 0 Å². The lowest BCUT2D eigenvalue weighted by Crippen LogP contribution is -1.94. The van der Waals surface area contributed by atoms with Crippen molar-refractivity contribution in [2.24, 2.45) is 0 Å². The fourth-order valence-electron chi connectivity index (χ4n) is 1.98. The van der Waals surface area contributed by atoms with Gasteiger partial charge in [-0.2, -0.15) is 5.10 Å². The molecule has 0 spiro atoms. The third kappa shape index (κ3) is 2.36. The van der Waals surface area contributed by atoms with Gasteiger partial charge in [-0.15, -0.1) is 0 Å². The van der Waals surface area contributed by atoms with Crippen molar-refractivity contribution in [3.8, 4) is 17.0 Å². The summed E-state index contributed by atoms with van der Waals surface area (Å²) in [5.41, 5.74) is 8.87. The second kappa shape index (κ2) is 5.44. The molecule has 0 saturated carbocycles. The van der Waals surface area contributed by atoms with Gasteiger partial charge in [0.1, 0.15) is 11.6 Å². The highest BCUT2D eigenvalue weighted by molar-refractivity contribution is 9.10. The van der Waals surface area contributed by atoms with E-state index in [1.54, 1.807) is 7.11 Å². The van der Waals surface area contributed by atoms with Crippen LogP contribution in [0.3, 0.4) is 0 Å². The molecular formula is C13H16BrN3O. The molecule has 0 fully saturated rings. The number of hydrogen-bond acceptors (Lipinski definition) is 3. The van der Waals surface area contributed by atoms with Crippen molar-refractivity contribution in [3.05, 3.63) is 28.2 Å². The Hall–Kier alpha value is -1.49. The molecule has 0 amide bonds. The van der Waals surface area contributed by atoms with Gasteiger partial charge in [-0.05, 0) is 24.6 Å². The van der Waals surface area contributed by atoms with Crippen LogP contribution in [-0.4, -0.2) is 17.3 Å². The van der Waals surface area contributed by atoms with Gasteiger partial charge in [0.05, 0.1) is 12.8 Å². The molecule has 4 nitrogen and oxygen atoms in total. The summed E-state index contributed by atoms with van der Waals surface area (Å²) >= 11 is 3.43. The van der Waals surface area contributed by atoms with E-state index in [2.05, 4.69) is 33.1 Å². The number of halogens is 1. The Kier molecular flexibility index (Phi) is 3.91. The van der Waals surface area contributed by atoms with Gasteiger partial charge < -0.3 is 10.5 Å².